The van der Waals surface area contributed by atoms with Crippen LogP contribution in [0.15, 0.2) is 48.5 Å². The largest absolute Gasteiger partial charge is 0.401 e. The molecule has 2 fully saturated rings. The number of halogens is 3. The lowest BCUT2D eigenvalue weighted by Crippen LogP contribution is -2.42. The summed E-state index contributed by atoms with van der Waals surface area (Å²) in [6.45, 7) is 19.3. The van der Waals surface area contributed by atoms with Crippen molar-refractivity contribution in [3.8, 4) is 0 Å². The second kappa shape index (κ2) is 18.2. The number of benzene rings is 2. The first kappa shape index (κ1) is 34.8. The molecule has 39 heavy (non-hydrogen) atoms. The number of aryl methyl sites for hydroxylation is 2. The van der Waals surface area contributed by atoms with E-state index in [1.54, 1.807) is 0 Å². The van der Waals surface area contributed by atoms with E-state index < -0.39 is 12.7 Å². The number of alkyl halides is 3. The van der Waals surface area contributed by atoms with Gasteiger partial charge in [0.25, 0.3) is 0 Å². The molecule has 0 radical (unpaired) electrons. The molecule has 2 aromatic carbocycles. The first-order valence-corrected chi connectivity index (χ1v) is 14.8. The molecular formula is C32H53F3N4. The molecule has 0 amide bonds. The van der Waals surface area contributed by atoms with E-state index in [-0.39, 0.29) is 6.04 Å². The highest BCUT2D eigenvalue weighted by molar-refractivity contribution is 5.47. The number of piperidine rings is 1. The van der Waals surface area contributed by atoms with E-state index in [2.05, 4.69) is 60.6 Å². The monoisotopic (exact) mass is 550 g/mol. The quantitative estimate of drug-likeness (QED) is 0.378. The van der Waals surface area contributed by atoms with Crippen LogP contribution in [0.1, 0.15) is 71.9 Å². The SMILES string of the molecule is CC.CC.Cc1cccc(NC2CCN(C(C)C)CC2)c1.Cc1cccc(NC2CCN(CC(F)(F)F)C2)c1. The van der Waals surface area contributed by atoms with Gasteiger partial charge in [-0.15, -0.1) is 0 Å². The van der Waals surface area contributed by atoms with Crippen molar-refractivity contribution < 1.29 is 13.2 Å². The normalized spacial score (nSPS) is 18.2. The fourth-order valence-electron chi connectivity index (χ4n) is 4.85. The highest BCUT2D eigenvalue weighted by atomic mass is 19.4. The summed E-state index contributed by atoms with van der Waals surface area (Å²) in [6.07, 6.45) is -0.833. The first-order valence-electron chi connectivity index (χ1n) is 14.8. The van der Waals surface area contributed by atoms with Gasteiger partial charge in [0.1, 0.15) is 0 Å². The number of likely N-dealkylation sites (tertiary alicyclic amines) is 2. The van der Waals surface area contributed by atoms with Gasteiger partial charge in [0, 0.05) is 55.7 Å². The third-order valence-corrected chi connectivity index (χ3v) is 6.71. The summed E-state index contributed by atoms with van der Waals surface area (Å²) < 4.78 is 36.8. The van der Waals surface area contributed by atoms with Crippen LogP contribution in [0.4, 0.5) is 24.5 Å². The van der Waals surface area contributed by atoms with Gasteiger partial charge >= 0.3 is 6.18 Å². The second-order valence-corrected chi connectivity index (χ2v) is 10.3. The van der Waals surface area contributed by atoms with Gasteiger partial charge in [-0.05, 0) is 82.3 Å². The van der Waals surface area contributed by atoms with Gasteiger partial charge in [-0.2, -0.15) is 13.2 Å². The lowest BCUT2D eigenvalue weighted by atomic mass is 10.0. The Morgan fingerprint density at radius 3 is 1.67 bits per heavy atom. The average molecular weight is 551 g/mol. The van der Waals surface area contributed by atoms with E-state index in [0.29, 0.717) is 25.2 Å². The third-order valence-electron chi connectivity index (χ3n) is 6.71. The highest BCUT2D eigenvalue weighted by Gasteiger charge is 2.34. The van der Waals surface area contributed by atoms with Crippen LogP contribution in [0.3, 0.4) is 0 Å². The fraction of sp³-hybridized carbons (Fsp3) is 0.625. The number of nitrogens with one attached hydrogen (secondary N) is 2. The van der Waals surface area contributed by atoms with Crippen molar-refractivity contribution in [3.05, 3.63) is 59.7 Å². The lowest BCUT2D eigenvalue weighted by molar-refractivity contribution is -0.143. The van der Waals surface area contributed by atoms with Crippen LogP contribution >= 0.6 is 0 Å². The standard InChI is InChI=1S/C15H24N2.C13H17F3N2.2C2H6/c1-12(2)17-9-7-14(8-10-17)16-15-6-4-5-13(3)11-15;1-10-3-2-4-11(7-10)17-12-5-6-18(8-12)9-13(14,15)16;2*1-2/h4-6,11-12,14,16H,7-10H2,1-3H3;2-4,7,12,17H,5-6,8-9H2,1H3;2*1-2H3. The second-order valence-electron chi connectivity index (χ2n) is 10.3. The molecule has 4 rings (SSSR count). The summed E-state index contributed by atoms with van der Waals surface area (Å²) >= 11 is 0. The molecule has 7 heteroatoms. The van der Waals surface area contributed by atoms with Gasteiger partial charge in [0.05, 0.1) is 6.54 Å². The zero-order chi connectivity index (χ0) is 29.4. The van der Waals surface area contributed by atoms with E-state index in [1.807, 2.05) is 58.9 Å². The van der Waals surface area contributed by atoms with Crippen LogP contribution in [-0.4, -0.2) is 66.8 Å². The van der Waals surface area contributed by atoms with Gasteiger partial charge in [-0.3, -0.25) is 4.90 Å². The Morgan fingerprint density at radius 1 is 0.769 bits per heavy atom. The predicted molar refractivity (Wildman–Crippen MR) is 163 cm³/mol. The molecule has 4 nitrogen and oxygen atoms in total. The van der Waals surface area contributed by atoms with E-state index in [1.165, 1.54) is 42.1 Å². The molecule has 2 heterocycles. The van der Waals surface area contributed by atoms with Crippen molar-refractivity contribution in [2.45, 2.75) is 99.0 Å². The minimum absolute atomic E-state index is 0.106. The Balaban J connectivity index is 0.000000347. The number of hydrogen-bond acceptors (Lipinski definition) is 4. The molecule has 2 N–H and O–H groups in total. The van der Waals surface area contributed by atoms with E-state index in [9.17, 15) is 13.2 Å². The fourth-order valence-corrected chi connectivity index (χ4v) is 4.85. The minimum atomic E-state index is -4.10. The van der Waals surface area contributed by atoms with E-state index in [0.717, 1.165) is 17.7 Å². The summed E-state index contributed by atoms with van der Waals surface area (Å²) in [5, 5.41) is 6.94. The Labute approximate surface area is 236 Å². The molecule has 0 aromatic heterocycles. The summed E-state index contributed by atoms with van der Waals surface area (Å²) in [7, 11) is 0. The smallest absolute Gasteiger partial charge is 0.382 e. The lowest BCUT2D eigenvalue weighted by Gasteiger charge is -2.35. The maximum atomic E-state index is 12.3. The Kier molecular flexibility index (Phi) is 16.2. The molecule has 2 saturated heterocycles. The molecule has 0 bridgehead atoms. The molecule has 0 saturated carbocycles. The first-order chi connectivity index (χ1) is 18.6. The van der Waals surface area contributed by atoms with Crippen LogP contribution in [0.2, 0.25) is 0 Å². The Bertz CT molecular complexity index is 908. The van der Waals surface area contributed by atoms with Crippen molar-refractivity contribution in [1.82, 2.24) is 9.80 Å². The molecular weight excluding hydrogens is 497 g/mol. The number of anilines is 2. The van der Waals surface area contributed by atoms with E-state index >= 15 is 0 Å². The average Bonchev–Trinajstić information content (AvgIpc) is 3.32. The number of nitrogens with zero attached hydrogens (tertiary/aromatic N) is 2. The number of rotatable bonds is 6. The van der Waals surface area contributed by atoms with Crippen LogP contribution < -0.4 is 10.6 Å². The highest BCUT2D eigenvalue weighted by Crippen LogP contribution is 2.22. The van der Waals surface area contributed by atoms with Crippen LogP contribution in [0, 0.1) is 13.8 Å². The van der Waals surface area contributed by atoms with Crippen LogP contribution in [0.25, 0.3) is 0 Å². The third kappa shape index (κ3) is 14.1. The van der Waals surface area contributed by atoms with Crippen molar-refractivity contribution in [1.29, 1.82) is 0 Å². The van der Waals surface area contributed by atoms with Gasteiger partial charge in [-0.1, -0.05) is 52.0 Å². The van der Waals surface area contributed by atoms with Crippen molar-refractivity contribution >= 4 is 11.4 Å². The minimum Gasteiger partial charge on any atom is -0.382 e. The maximum Gasteiger partial charge on any atom is 0.401 e. The van der Waals surface area contributed by atoms with Gasteiger partial charge in [-0.25, -0.2) is 0 Å². The summed E-state index contributed by atoms with van der Waals surface area (Å²) in [6, 6.07) is 18.0. The Morgan fingerprint density at radius 2 is 1.23 bits per heavy atom. The van der Waals surface area contributed by atoms with Gasteiger partial charge in [0.15, 0.2) is 0 Å². The van der Waals surface area contributed by atoms with Crippen LogP contribution in [-0.2, 0) is 0 Å². The zero-order valence-electron chi connectivity index (χ0n) is 25.5. The maximum absolute atomic E-state index is 12.3. The molecule has 2 aromatic rings. The summed E-state index contributed by atoms with van der Waals surface area (Å²) in [4.78, 5) is 4.02. The van der Waals surface area contributed by atoms with Crippen molar-refractivity contribution in [2.24, 2.45) is 0 Å². The topological polar surface area (TPSA) is 30.5 Å². The molecule has 222 valence electrons. The summed E-state index contributed by atoms with van der Waals surface area (Å²) in [5.74, 6) is 0. The molecule has 0 spiro atoms. The zero-order valence-corrected chi connectivity index (χ0v) is 25.5. The number of hydrogen-bond donors (Lipinski definition) is 2. The van der Waals surface area contributed by atoms with Gasteiger partial charge in [0.2, 0.25) is 0 Å². The Hall–Kier alpha value is -2.25. The summed E-state index contributed by atoms with van der Waals surface area (Å²) in [5.41, 5.74) is 4.72. The molecule has 0 aliphatic carbocycles. The molecule has 2 aliphatic rings. The van der Waals surface area contributed by atoms with Gasteiger partial charge < -0.3 is 15.5 Å². The molecule has 1 atom stereocenters. The van der Waals surface area contributed by atoms with E-state index in [4.69, 9.17) is 0 Å². The van der Waals surface area contributed by atoms with Crippen molar-refractivity contribution in [3.63, 3.8) is 0 Å². The van der Waals surface area contributed by atoms with Crippen LogP contribution in [0.5, 0.6) is 0 Å². The predicted octanol–water partition coefficient (Wildman–Crippen LogP) is 8.38. The molecule has 2 aliphatic heterocycles. The molecule has 1 unspecified atom stereocenters. The van der Waals surface area contributed by atoms with Crippen molar-refractivity contribution in [2.75, 3.05) is 43.4 Å².